The summed E-state index contributed by atoms with van der Waals surface area (Å²) in [6.07, 6.45) is 6.43. The van der Waals surface area contributed by atoms with Gasteiger partial charge in [-0.3, -0.25) is 4.79 Å². The molecule has 2 heterocycles. The van der Waals surface area contributed by atoms with E-state index in [1.807, 2.05) is 0 Å². The number of carbonyl (C=O) groups is 1. The van der Waals surface area contributed by atoms with E-state index in [1.54, 1.807) is 22.6 Å². The summed E-state index contributed by atoms with van der Waals surface area (Å²) in [5, 5.41) is 2.81. The Bertz CT molecular complexity index is 539. The van der Waals surface area contributed by atoms with Crippen LogP contribution in [0.2, 0.25) is 0 Å². The average Bonchev–Trinajstić information content (AvgIpc) is 2.92. The topological polar surface area (TPSA) is 82.3 Å². The molecule has 1 amide bonds. The number of aromatic nitrogens is 1. The average molecular weight is 299 g/mol. The minimum atomic E-state index is -3.15. The molecule has 7 heteroatoms. The second-order valence-corrected chi connectivity index (χ2v) is 7.09. The largest absolute Gasteiger partial charge is 0.357 e. The molecule has 0 saturated carbocycles. The number of sulfonamides is 1. The molecule has 1 saturated heterocycles. The molecular weight excluding hydrogens is 278 g/mol. The predicted octanol–water partition coefficient (Wildman–Crippen LogP) is 0.949. The number of carbonyl (C=O) groups excluding carboxylic acids is 1. The summed E-state index contributed by atoms with van der Waals surface area (Å²) in [6, 6.07) is 3.47. The first kappa shape index (κ1) is 15.1. The van der Waals surface area contributed by atoms with Gasteiger partial charge in [0.05, 0.1) is 6.26 Å². The Morgan fingerprint density at radius 3 is 2.95 bits per heavy atom. The molecule has 1 aromatic rings. The molecule has 0 aliphatic carbocycles. The van der Waals surface area contributed by atoms with Crippen molar-refractivity contribution in [3.8, 4) is 0 Å². The Labute approximate surface area is 119 Å². The first-order valence-corrected chi connectivity index (χ1v) is 8.72. The molecule has 0 bridgehead atoms. The highest BCUT2D eigenvalue weighted by atomic mass is 32.2. The van der Waals surface area contributed by atoms with Gasteiger partial charge in [-0.25, -0.2) is 8.42 Å². The van der Waals surface area contributed by atoms with Crippen molar-refractivity contribution < 1.29 is 13.2 Å². The number of nitrogens with one attached hydrogen (secondary N) is 2. The quantitative estimate of drug-likeness (QED) is 0.849. The van der Waals surface area contributed by atoms with Gasteiger partial charge in [-0.05, 0) is 31.4 Å². The van der Waals surface area contributed by atoms with Gasteiger partial charge in [0, 0.05) is 25.3 Å². The van der Waals surface area contributed by atoms with Crippen LogP contribution in [0, 0.1) is 0 Å². The number of H-pyrrole nitrogens is 1. The van der Waals surface area contributed by atoms with Crippen LogP contribution in [0.5, 0.6) is 0 Å². The Balaban J connectivity index is 1.84. The molecule has 2 rings (SSSR count). The molecule has 0 spiro atoms. The van der Waals surface area contributed by atoms with E-state index in [1.165, 1.54) is 6.26 Å². The van der Waals surface area contributed by atoms with Gasteiger partial charge in [0.15, 0.2) is 0 Å². The van der Waals surface area contributed by atoms with Gasteiger partial charge in [-0.15, -0.1) is 0 Å². The molecule has 1 aliphatic rings. The van der Waals surface area contributed by atoms with Crippen LogP contribution in [-0.2, 0) is 10.0 Å². The number of aromatic amines is 1. The van der Waals surface area contributed by atoms with E-state index in [4.69, 9.17) is 0 Å². The summed E-state index contributed by atoms with van der Waals surface area (Å²) in [6.45, 7) is 1.07. The third-order valence-corrected chi connectivity index (χ3v) is 4.94. The summed E-state index contributed by atoms with van der Waals surface area (Å²) in [5.74, 6) is -0.156. The summed E-state index contributed by atoms with van der Waals surface area (Å²) in [5.41, 5.74) is 0.522. The van der Waals surface area contributed by atoms with Crippen molar-refractivity contribution in [1.29, 1.82) is 0 Å². The lowest BCUT2D eigenvalue weighted by molar-refractivity contribution is 0.0945. The first-order valence-electron chi connectivity index (χ1n) is 6.87. The zero-order valence-electron chi connectivity index (χ0n) is 11.6. The lowest BCUT2D eigenvalue weighted by Gasteiger charge is -2.33. The van der Waals surface area contributed by atoms with Crippen LogP contribution in [0.15, 0.2) is 18.3 Å². The molecule has 1 aromatic heterocycles. The molecule has 1 atom stereocenters. The highest BCUT2D eigenvalue weighted by Gasteiger charge is 2.28. The van der Waals surface area contributed by atoms with Gasteiger partial charge in [-0.1, -0.05) is 6.42 Å². The summed E-state index contributed by atoms with van der Waals surface area (Å²) >= 11 is 0. The fourth-order valence-electron chi connectivity index (χ4n) is 2.62. The minimum Gasteiger partial charge on any atom is -0.357 e. The van der Waals surface area contributed by atoms with Crippen molar-refractivity contribution in [2.45, 2.75) is 31.7 Å². The maximum absolute atomic E-state index is 11.8. The Kier molecular flexibility index (Phi) is 4.82. The molecule has 1 fully saturated rings. The first-order chi connectivity index (χ1) is 9.48. The SMILES string of the molecule is CS(=O)(=O)N1CCCC[C@@H]1CCNC(=O)c1ccc[nH]1. The number of rotatable bonds is 5. The fourth-order valence-corrected chi connectivity index (χ4v) is 3.83. The Morgan fingerprint density at radius 2 is 2.30 bits per heavy atom. The van der Waals surface area contributed by atoms with Crippen molar-refractivity contribution in [3.05, 3.63) is 24.0 Å². The third-order valence-electron chi connectivity index (χ3n) is 3.60. The van der Waals surface area contributed by atoms with Gasteiger partial charge >= 0.3 is 0 Å². The lowest BCUT2D eigenvalue weighted by atomic mass is 10.0. The molecule has 20 heavy (non-hydrogen) atoms. The number of nitrogens with zero attached hydrogens (tertiary/aromatic N) is 1. The van der Waals surface area contributed by atoms with Crippen LogP contribution in [-0.4, -0.2) is 49.0 Å². The van der Waals surface area contributed by atoms with Crippen molar-refractivity contribution in [2.24, 2.45) is 0 Å². The second-order valence-electron chi connectivity index (χ2n) is 5.15. The van der Waals surface area contributed by atoms with Gasteiger partial charge in [-0.2, -0.15) is 4.31 Å². The van der Waals surface area contributed by atoms with Gasteiger partial charge in [0.2, 0.25) is 10.0 Å². The normalized spacial score (nSPS) is 20.8. The van der Waals surface area contributed by atoms with Crippen LogP contribution >= 0.6 is 0 Å². The van der Waals surface area contributed by atoms with Crippen LogP contribution in [0.25, 0.3) is 0 Å². The van der Waals surface area contributed by atoms with E-state index in [-0.39, 0.29) is 11.9 Å². The zero-order chi connectivity index (χ0) is 14.6. The molecule has 2 N–H and O–H groups in total. The van der Waals surface area contributed by atoms with E-state index in [9.17, 15) is 13.2 Å². The summed E-state index contributed by atoms with van der Waals surface area (Å²) < 4.78 is 25.0. The van der Waals surface area contributed by atoms with E-state index < -0.39 is 10.0 Å². The van der Waals surface area contributed by atoms with Crippen LogP contribution in [0.3, 0.4) is 0 Å². The molecule has 112 valence electrons. The van der Waals surface area contributed by atoms with E-state index in [0.717, 1.165) is 19.3 Å². The smallest absolute Gasteiger partial charge is 0.267 e. The number of hydrogen-bond acceptors (Lipinski definition) is 3. The zero-order valence-corrected chi connectivity index (χ0v) is 12.4. The Hall–Kier alpha value is -1.34. The van der Waals surface area contributed by atoms with E-state index in [0.29, 0.717) is 25.2 Å². The van der Waals surface area contributed by atoms with Crippen molar-refractivity contribution in [3.63, 3.8) is 0 Å². The molecule has 0 aromatic carbocycles. The van der Waals surface area contributed by atoms with Crippen LogP contribution in [0.4, 0.5) is 0 Å². The molecule has 1 aliphatic heterocycles. The fraction of sp³-hybridized carbons (Fsp3) is 0.615. The Morgan fingerprint density at radius 1 is 1.50 bits per heavy atom. The number of amides is 1. The van der Waals surface area contributed by atoms with Crippen molar-refractivity contribution >= 4 is 15.9 Å². The lowest BCUT2D eigenvalue weighted by Crippen LogP contribution is -2.44. The van der Waals surface area contributed by atoms with Crippen molar-refractivity contribution in [1.82, 2.24) is 14.6 Å². The van der Waals surface area contributed by atoms with Gasteiger partial charge in [0.1, 0.15) is 5.69 Å². The molecular formula is C13H21N3O3S. The van der Waals surface area contributed by atoms with E-state index >= 15 is 0 Å². The van der Waals surface area contributed by atoms with Gasteiger partial charge in [0.25, 0.3) is 5.91 Å². The summed E-state index contributed by atoms with van der Waals surface area (Å²) in [4.78, 5) is 14.6. The predicted molar refractivity (Wildman–Crippen MR) is 76.9 cm³/mol. The highest BCUT2D eigenvalue weighted by Crippen LogP contribution is 2.21. The van der Waals surface area contributed by atoms with Gasteiger partial charge < -0.3 is 10.3 Å². The number of piperidine rings is 1. The molecule has 0 unspecified atom stereocenters. The standard InChI is InChI=1S/C13H21N3O3S/c1-20(18,19)16-10-3-2-5-11(16)7-9-15-13(17)12-6-4-8-14-12/h4,6,8,11,14H,2-3,5,7,9-10H2,1H3,(H,15,17)/t11-/m1/s1. The molecule has 6 nitrogen and oxygen atoms in total. The summed E-state index contributed by atoms with van der Waals surface area (Å²) in [7, 11) is -3.15. The third kappa shape index (κ3) is 3.83. The minimum absolute atomic E-state index is 0.00249. The van der Waals surface area contributed by atoms with Crippen molar-refractivity contribution in [2.75, 3.05) is 19.3 Å². The number of hydrogen-bond donors (Lipinski definition) is 2. The van der Waals surface area contributed by atoms with Crippen LogP contribution < -0.4 is 5.32 Å². The maximum atomic E-state index is 11.8. The van der Waals surface area contributed by atoms with Crippen LogP contribution in [0.1, 0.15) is 36.2 Å². The van der Waals surface area contributed by atoms with E-state index in [2.05, 4.69) is 10.3 Å². The molecule has 0 radical (unpaired) electrons. The monoisotopic (exact) mass is 299 g/mol. The highest BCUT2D eigenvalue weighted by molar-refractivity contribution is 7.88. The maximum Gasteiger partial charge on any atom is 0.267 e. The second kappa shape index (κ2) is 6.41.